The Morgan fingerprint density at radius 1 is 1.22 bits per heavy atom. The van der Waals surface area contributed by atoms with Crippen molar-refractivity contribution >= 4 is 47.1 Å². The summed E-state index contributed by atoms with van der Waals surface area (Å²) in [5.74, 6) is -0.585. The molecule has 1 unspecified atom stereocenters. The smallest absolute Gasteiger partial charge is 0.307 e. The molecule has 2 atom stereocenters. The van der Waals surface area contributed by atoms with E-state index in [1.807, 2.05) is 17.0 Å². The zero-order chi connectivity index (χ0) is 25.7. The summed E-state index contributed by atoms with van der Waals surface area (Å²) < 4.78 is 21.5. The molecular formula is C27H33ClFN3O4S. The fourth-order valence-corrected chi connectivity index (χ4v) is 5.52. The number of Topliss-reactive ketones (excluding diaryl/α,β-unsaturated/α-hetero) is 1. The molecule has 0 radical (unpaired) electrons. The van der Waals surface area contributed by atoms with E-state index in [0.717, 1.165) is 18.4 Å². The average molecular weight is 550 g/mol. The molecule has 1 aromatic carbocycles. The van der Waals surface area contributed by atoms with Crippen LogP contribution in [-0.4, -0.2) is 56.5 Å². The number of halogens is 2. The van der Waals surface area contributed by atoms with Crippen molar-refractivity contribution in [3.63, 3.8) is 0 Å². The van der Waals surface area contributed by atoms with Gasteiger partial charge in [0.25, 0.3) is 0 Å². The third-order valence-electron chi connectivity index (χ3n) is 6.45. The second kappa shape index (κ2) is 13.3. The van der Waals surface area contributed by atoms with Crippen LogP contribution in [0.5, 0.6) is 0 Å². The molecule has 10 heteroatoms. The highest BCUT2D eigenvalue weighted by Gasteiger charge is 2.41. The van der Waals surface area contributed by atoms with Gasteiger partial charge in [0.2, 0.25) is 0 Å². The quantitative estimate of drug-likeness (QED) is 0.392. The molecule has 4 rings (SSSR count). The molecule has 1 aliphatic carbocycles. The van der Waals surface area contributed by atoms with Gasteiger partial charge in [-0.1, -0.05) is 30.0 Å². The number of ketones is 1. The summed E-state index contributed by atoms with van der Waals surface area (Å²) in [6.45, 7) is 5.11. The van der Waals surface area contributed by atoms with Gasteiger partial charge in [0.1, 0.15) is 5.82 Å². The van der Waals surface area contributed by atoms with Gasteiger partial charge >= 0.3 is 5.97 Å². The maximum Gasteiger partial charge on any atom is 0.307 e. The Balaban J connectivity index is 0.00000380. The molecule has 200 valence electrons. The molecule has 0 amide bonds. The number of rotatable bonds is 10. The number of nitrogens with zero attached hydrogens (tertiary/aromatic N) is 3. The van der Waals surface area contributed by atoms with Gasteiger partial charge in [-0.15, -0.1) is 12.4 Å². The highest BCUT2D eigenvalue weighted by atomic mass is 35.5. The molecule has 0 spiro atoms. The van der Waals surface area contributed by atoms with E-state index in [4.69, 9.17) is 4.74 Å². The number of piperidine rings is 1. The average Bonchev–Trinajstić information content (AvgIpc) is 3.60. The summed E-state index contributed by atoms with van der Waals surface area (Å²) in [4.78, 5) is 39.0. The summed E-state index contributed by atoms with van der Waals surface area (Å²) >= 11 is 1.28. The fraction of sp³-hybridized carbons (Fsp3) is 0.481. The summed E-state index contributed by atoms with van der Waals surface area (Å²) in [5, 5.41) is 4.54. The molecule has 0 N–H and O–H groups in total. The van der Waals surface area contributed by atoms with Crippen molar-refractivity contribution in [3.8, 4) is 0 Å². The Labute approximate surface area is 227 Å². The van der Waals surface area contributed by atoms with Gasteiger partial charge in [0.15, 0.2) is 10.9 Å². The molecule has 1 aliphatic heterocycles. The second-order valence-electron chi connectivity index (χ2n) is 9.24. The lowest BCUT2D eigenvalue weighted by Crippen LogP contribution is -2.43. The van der Waals surface area contributed by atoms with E-state index >= 15 is 0 Å². The number of hydrogen-bond donors (Lipinski definition) is 0. The molecule has 7 nitrogen and oxygen atoms in total. The largest absolute Gasteiger partial charge is 0.466 e. The summed E-state index contributed by atoms with van der Waals surface area (Å²) in [7, 11) is 0. The molecule has 0 bridgehead atoms. The van der Waals surface area contributed by atoms with E-state index in [0.29, 0.717) is 43.9 Å². The lowest BCUT2D eigenvalue weighted by molar-refractivity contribution is -0.143. The highest BCUT2D eigenvalue weighted by molar-refractivity contribution is 8.14. The first-order chi connectivity index (χ1) is 17.4. The number of aryl methyl sites for hydroxylation is 1. The normalized spacial score (nSPS) is 19.8. The minimum atomic E-state index is -0.646. The molecule has 2 aliphatic rings. The van der Waals surface area contributed by atoms with E-state index in [9.17, 15) is 18.8 Å². The van der Waals surface area contributed by atoms with Gasteiger partial charge in [0, 0.05) is 42.9 Å². The van der Waals surface area contributed by atoms with E-state index in [1.165, 1.54) is 17.8 Å². The van der Waals surface area contributed by atoms with E-state index in [2.05, 4.69) is 5.10 Å². The van der Waals surface area contributed by atoms with Gasteiger partial charge < -0.3 is 4.74 Å². The monoisotopic (exact) mass is 549 g/mol. The number of likely N-dealkylation sites (tertiary alicyclic amines) is 1. The van der Waals surface area contributed by atoms with Crippen molar-refractivity contribution < 1.29 is 23.5 Å². The van der Waals surface area contributed by atoms with Crippen LogP contribution in [0.25, 0.3) is 6.08 Å². The van der Waals surface area contributed by atoms with E-state index < -0.39 is 6.04 Å². The molecule has 2 heterocycles. The Bertz CT molecular complexity index is 1150. The van der Waals surface area contributed by atoms with Crippen molar-refractivity contribution in [2.24, 2.45) is 5.92 Å². The second-order valence-corrected chi connectivity index (χ2v) is 10.6. The molecule has 1 saturated heterocycles. The standard InChI is InChI=1S/C27H32FN3O4S.ClH/c1-3-35-25(33)12-15-31-14-10-21(29-31)16-20-17-30(13-11-24(20)36-18(2)32)26(27(34)19-8-9-19)22-6-4-5-7-23(22)28;/h4-7,10,14,16,19,24,26H,3,8-9,11-13,15,17H2,1-2H3;1H/b20-16+;/t24-,26?;/m1./s1. The van der Waals surface area contributed by atoms with Gasteiger partial charge in [-0.3, -0.25) is 24.0 Å². The molecule has 2 fully saturated rings. The molecule has 37 heavy (non-hydrogen) atoms. The SMILES string of the molecule is CCOC(=O)CCn1ccc(/C=C2\CN(C(C(=O)C3CC3)c3ccccc3F)CC[C@H]2SC(C)=O)n1.Cl. The first-order valence-corrected chi connectivity index (χ1v) is 13.3. The van der Waals surface area contributed by atoms with Crippen LogP contribution in [0.3, 0.4) is 0 Å². The summed E-state index contributed by atoms with van der Waals surface area (Å²) in [6.07, 6.45) is 6.36. The Hall–Kier alpha value is -2.49. The minimum Gasteiger partial charge on any atom is -0.466 e. The van der Waals surface area contributed by atoms with Crippen LogP contribution in [0.2, 0.25) is 0 Å². The fourth-order valence-electron chi connectivity index (χ4n) is 4.60. The third kappa shape index (κ3) is 7.75. The Morgan fingerprint density at radius 3 is 2.65 bits per heavy atom. The zero-order valence-electron chi connectivity index (χ0n) is 21.1. The number of carbonyl (C=O) groups excluding carboxylic acids is 3. The first-order valence-electron chi connectivity index (χ1n) is 12.4. The highest BCUT2D eigenvalue weighted by Crippen LogP contribution is 2.40. The molecule has 1 aromatic heterocycles. The lowest BCUT2D eigenvalue weighted by atomic mass is 9.93. The number of hydrogen-bond acceptors (Lipinski definition) is 7. The van der Waals surface area contributed by atoms with Crippen LogP contribution >= 0.6 is 24.2 Å². The number of thioether (sulfide) groups is 1. The predicted octanol–water partition coefficient (Wildman–Crippen LogP) is 4.86. The maximum absolute atomic E-state index is 14.8. The maximum atomic E-state index is 14.8. The number of carbonyl (C=O) groups is 3. The van der Waals surface area contributed by atoms with E-state index in [-0.39, 0.29) is 52.7 Å². The third-order valence-corrected chi connectivity index (χ3v) is 7.60. The van der Waals surface area contributed by atoms with Gasteiger partial charge in [-0.05, 0) is 50.0 Å². The zero-order valence-corrected chi connectivity index (χ0v) is 22.7. The molecule has 2 aromatic rings. The van der Waals surface area contributed by atoms with E-state index in [1.54, 1.807) is 42.9 Å². The molecule has 1 saturated carbocycles. The number of aromatic nitrogens is 2. The Kier molecular flexibility index (Phi) is 10.5. The number of benzene rings is 1. The predicted molar refractivity (Wildman–Crippen MR) is 144 cm³/mol. The van der Waals surface area contributed by atoms with Gasteiger partial charge in [-0.2, -0.15) is 5.10 Å². The van der Waals surface area contributed by atoms with Crippen molar-refractivity contribution in [2.75, 3.05) is 19.7 Å². The van der Waals surface area contributed by atoms with Crippen molar-refractivity contribution in [1.82, 2.24) is 14.7 Å². The Morgan fingerprint density at radius 2 is 1.97 bits per heavy atom. The minimum absolute atomic E-state index is 0. The van der Waals surface area contributed by atoms with Gasteiger partial charge in [0.05, 0.1) is 31.3 Å². The summed E-state index contributed by atoms with van der Waals surface area (Å²) in [5.41, 5.74) is 2.09. The first kappa shape index (κ1) is 29.1. The van der Waals surface area contributed by atoms with Crippen LogP contribution in [0.15, 0.2) is 42.1 Å². The number of esters is 1. The van der Waals surface area contributed by atoms with Crippen LogP contribution in [0.4, 0.5) is 4.39 Å². The van der Waals surface area contributed by atoms with Crippen molar-refractivity contribution in [2.45, 2.75) is 57.4 Å². The van der Waals surface area contributed by atoms with Crippen LogP contribution < -0.4 is 0 Å². The van der Waals surface area contributed by atoms with Crippen molar-refractivity contribution in [1.29, 1.82) is 0 Å². The van der Waals surface area contributed by atoms with Crippen molar-refractivity contribution in [3.05, 3.63) is 59.2 Å². The topological polar surface area (TPSA) is 81.5 Å². The van der Waals surface area contributed by atoms with Crippen LogP contribution in [0, 0.1) is 11.7 Å². The lowest BCUT2D eigenvalue weighted by Gasteiger charge is -2.38. The molecular weight excluding hydrogens is 517 g/mol. The van der Waals surface area contributed by atoms with Crippen LogP contribution in [0.1, 0.15) is 56.8 Å². The summed E-state index contributed by atoms with van der Waals surface area (Å²) in [6, 6.07) is 7.72. The number of ether oxygens (including phenoxy) is 1. The van der Waals surface area contributed by atoms with Crippen LogP contribution in [-0.2, 0) is 25.7 Å². The van der Waals surface area contributed by atoms with Gasteiger partial charge in [-0.25, -0.2) is 4.39 Å².